The lowest BCUT2D eigenvalue weighted by molar-refractivity contribution is -0.123. The molecule has 0 saturated carbocycles. The molecule has 0 atom stereocenters. The smallest absolute Gasteiger partial charge is 0.254 e. The Bertz CT molecular complexity index is 915. The van der Waals surface area contributed by atoms with Crippen LogP contribution < -0.4 is 16.4 Å². The number of nitrogens with two attached hydrogens (primary N) is 1. The number of benzene rings is 2. The molecule has 0 aromatic heterocycles. The van der Waals surface area contributed by atoms with Crippen LogP contribution in [0, 0.1) is 0 Å². The Kier molecular flexibility index (Phi) is 7.06. The highest BCUT2D eigenvalue weighted by atomic mass is 16.2. The number of amides is 2. The Labute approximate surface area is 177 Å². The van der Waals surface area contributed by atoms with E-state index in [9.17, 15) is 9.59 Å². The van der Waals surface area contributed by atoms with Crippen LogP contribution in [-0.4, -0.2) is 42.3 Å². The van der Waals surface area contributed by atoms with E-state index < -0.39 is 0 Å². The number of carbonyl (C=O) groups excluding carboxylic acids is 2. The number of aryl methyl sites for hydroxylation is 2. The first-order valence-electron chi connectivity index (χ1n) is 10.3. The second-order valence-corrected chi connectivity index (χ2v) is 7.26. The Morgan fingerprint density at radius 3 is 2.40 bits per heavy atom. The molecule has 0 radical (unpaired) electrons. The molecule has 4 N–H and O–H groups in total. The van der Waals surface area contributed by atoms with E-state index in [-0.39, 0.29) is 18.4 Å². The SMILES string of the molecule is CCc1cccc(CC)c1NC(N)=NCc1ccc(C(=O)N2CCNC(=O)C2)cc1. The first kappa shape index (κ1) is 21.4. The summed E-state index contributed by atoms with van der Waals surface area (Å²) in [5.41, 5.74) is 11.1. The molecule has 0 spiro atoms. The summed E-state index contributed by atoms with van der Waals surface area (Å²) in [4.78, 5) is 30.0. The predicted molar refractivity (Wildman–Crippen MR) is 120 cm³/mol. The molecule has 158 valence electrons. The molecule has 2 amide bonds. The monoisotopic (exact) mass is 407 g/mol. The van der Waals surface area contributed by atoms with E-state index in [2.05, 4.69) is 47.7 Å². The molecular weight excluding hydrogens is 378 g/mol. The fourth-order valence-electron chi connectivity index (χ4n) is 3.49. The van der Waals surface area contributed by atoms with Crippen molar-refractivity contribution in [1.82, 2.24) is 10.2 Å². The van der Waals surface area contributed by atoms with Crippen molar-refractivity contribution in [3.63, 3.8) is 0 Å². The Balaban J connectivity index is 1.64. The Morgan fingerprint density at radius 1 is 1.13 bits per heavy atom. The minimum atomic E-state index is -0.135. The van der Waals surface area contributed by atoms with Gasteiger partial charge in [-0.3, -0.25) is 9.59 Å². The number of para-hydroxylation sites is 1. The number of hydrogen-bond acceptors (Lipinski definition) is 3. The fourth-order valence-corrected chi connectivity index (χ4v) is 3.49. The van der Waals surface area contributed by atoms with E-state index in [0.717, 1.165) is 24.1 Å². The number of aliphatic imine (C=N–C) groups is 1. The topological polar surface area (TPSA) is 99.8 Å². The predicted octanol–water partition coefficient (Wildman–Crippen LogP) is 2.31. The van der Waals surface area contributed by atoms with Gasteiger partial charge >= 0.3 is 0 Å². The molecule has 1 heterocycles. The van der Waals surface area contributed by atoms with Crippen LogP contribution in [0.15, 0.2) is 47.5 Å². The summed E-state index contributed by atoms with van der Waals surface area (Å²) < 4.78 is 0. The zero-order chi connectivity index (χ0) is 21.5. The number of rotatable bonds is 6. The molecule has 1 aliphatic heterocycles. The molecule has 0 aliphatic carbocycles. The fraction of sp³-hybridized carbons (Fsp3) is 0.348. The number of nitrogens with zero attached hydrogens (tertiary/aromatic N) is 2. The Morgan fingerprint density at radius 2 is 1.80 bits per heavy atom. The van der Waals surface area contributed by atoms with Gasteiger partial charge in [-0.1, -0.05) is 44.2 Å². The average Bonchev–Trinajstić information content (AvgIpc) is 2.77. The normalized spacial score (nSPS) is 14.4. The highest BCUT2D eigenvalue weighted by molar-refractivity contribution is 5.97. The van der Waals surface area contributed by atoms with Gasteiger partial charge in [-0.05, 0) is 41.7 Å². The number of carbonyl (C=O) groups is 2. The maximum atomic E-state index is 12.5. The van der Waals surface area contributed by atoms with Crippen molar-refractivity contribution in [3.8, 4) is 0 Å². The highest BCUT2D eigenvalue weighted by Crippen LogP contribution is 2.22. The molecule has 3 rings (SSSR count). The van der Waals surface area contributed by atoms with Crippen LogP contribution in [0.25, 0.3) is 0 Å². The second-order valence-electron chi connectivity index (χ2n) is 7.26. The van der Waals surface area contributed by atoms with Gasteiger partial charge in [0.05, 0.1) is 13.1 Å². The molecule has 0 bridgehead atoms. The van der Waals surface area contributed by atoms with Crippen LogP contribution in [0.5, 0.6) is 0 Å². The first-order chi connectivity index (χ1) is 14.5. The third-order valence-electron chi connectivity index (χ3n) is 5.21. The lowest BCUT2D eigenvalue weighted by Crippen LogP contribution is -2.49. The molecule has 7 heteroatoms. The van der Waals surface area contributed by atoms with E-state index in [1.165, 1.54) is 11.1 Å². The minimum Gasteiger partial charge on any atom is -0.370 e. The molecule has 30 heavy (non-hydrogen) atoms. The lowest BCUT2D eigenvalue weighted by Gasteiger charge is -2.26. The standard InChI is InChI=1S/C23H29N5O2/c1-3-17-6-5-7-18(4-2)21(17)27-23(24)26-14-16-8-10-19(11-9-16)22(30)28-13-12-25-20(29)15-28/h5-11H,3-4,12-15H2,1-2H3,(H,25,29)(H3,24,26,27). The zero-order valence-corrected chi connectivity index (χ0v) is 17.6. The number of nitrogens with one attached hydrogen (secondary N) is 2. The van der Waals surface area contributed by atoms with Gasteiger partial charge in [0.25, 0.3) is 5.91 Å². The van der Waals surface area contributed by atoms with Crippen LogP contribution in [0.3, 0.4) is 0 Å². The molecular formula is C23H29N5O2. The van der Waals surface area contributed by atoms with Crippen molar-refractivity contribution in [2.24, 2.45) is 10.7 Å². The summed E-state index contributed by atoms with van der Waals surface area (Å²) in [6, 6.07) is 13.5. The quantitative estimate of drug-likeness (QED) is 0.505. The summed E-state index contributed by atoms with van der Waals surface area (Å²) in [6.45, 7) is 5.77. The van der Waals surface area contributed by atoms with Gasteiger partial charge in [0.15, 0.2) is 5.96 Å². The largest absolute Gasteiger partial charge is 0.370 e. The molecule has 2 aromatic rings. The number of guanidine groups is 1. The second kappa shape index (κ2) is 9.91. The van der Waals surface area contributed by atoms with Crippen molar-refractivity contribution in [2.75, 3.05) is 25.0 Å². The van der Waals surface area contributed by atoms with Crippen LogP contribution in [0.4, 0.5) is 5.69 Å². The number of piperazine rings is 1. The van der Waals surface area contributed by atoms with Crippen molar-refractivity contribution >= 4 is 23.5 Å². The van der Waals surface area contributed by atoms with Gasteiger partial charge < -0.3 is 21.3 Å². The van der Waals surface area contributed by atoms with Crippen LogP contribution >= 0.6 is 0 Å². The third-order valence-corrected chi connectivity index (χ3v) is 5.21. The molecule has 1 aliphatic rings. The minimum absolute atomic E-state index is 0.103. The molecule has 7 nitrogen and oxygen atoms in total. The van der Waals surface area contributed by atoms with Crippen LogP contribution in [-0.2, 0) is 24.2 Å². The van der Waals surface area contributed by atoms with E-state index in [0.29, 0.717) is 31.2 Å². The van der Waals surface area contributed by atoms with Gasteiger partial charge in [0.2, 0.25) is 5.91 Å². The molecule has 1 fully saturated rings. The summed E-state index contributed by atoms with van der Waals surface area (Å²) in [5.74, 6) is 0.105. The van der Waals surface area contributed by atoms with E-state index >= 15 is 0 Å². The van der Waals surface area contributed by atoms with E-state index in [1.54, 1.807) is 17.0 Å². The summed E-state index contributed by atoms with van der Waals surface area (Å²) in [7, 11) is 0. The lowest BCUT2D eigenvalue weighted by atomic mass is 10.0. The van der Waals surface area contributed by atoms with Gasteiger partial charge in [-0.15, -0.1) is 0 Å². The highest BCUT2D eigenvalue weighted by Gasteiger charge is 2.22. The summed E-state index contributed by atoms with van der Waals surface area (Å²) in [5, 5.41) is 5.98. The van der Waals surface area contributed by atoms with Gasteiger partial charge in [0, 0.05) is 24.3 Å². The zero-order valence-electron chi connectivity index (χ0n) is 17.6. The van der Waals surface area contributed by atoms with Crippen molar-refractivity contribution in [2.45, 2.75) is 33.2 Å². The number of anilines is 1. The number of hydrogen-bond donors (Lipinski definition) is 3. The van der Waals surface area contributed by atoms with Crippen LogP contribution in [0.1, 0.15) is 40.9 Å². The van der Waals surface area contributed by atoms with Gasteiger partial charge in [-0.2, -0.15) is 0 Å². The first-order valence-corrected chi connectivity index (χ1v) is 10.3. The summed E-state index contributed by atoms with van der Waals surface area (Å²) in [6.07, 6.45) is 1.83. The van der Waals surface area contributed by atoms with E-state index in [4.69, 9.17) is 5.73 Å². The molecule has 1 saturated heterocycles. The summed E-state index contributed by atoms with van der Waals surface area (Å²) >= 11 is 0. The third kappa shape index (κ3) is 5.17. The molecule has 0 unspecified atom stereocenters. The Hall–Kier alpha value is -3.35. The van der Waals surface area contributed by atoms with Crippen molar-refractivity contribution < 1.29 is 9.59 Å². The van der Waals surface area contributed by atoms with Crippen molar-refractivity contribution in [3.05, 3.63) is 64.7 Å². The van der Waals surface area contributed by atoms with Crippen LogP contribution in [0.2, 0.25) is 0 Å². The maximum Gasteiger partial charge on any atom is 0.254 e. The maximum absolute atomic E-state index is 12.5. The van der Waals surface area contributed by atoms with Gasteiger partial charge in [-0.25, -0.2) is 4.99 Å². The van der Waals surface area contributed by atoms with Crippen molar-refractivity contribution in [1.29, 1.82) is 0 Å². The van der Waals surface area contributed by atoms with E-state index in [1.807, 2.05) is 12.1 Å². The average molecular weight is 408 g/mol. The van der Waals surface area contributed by atoms with Gasteiger partial charge in [0.1, 0.15) is 0 Å². The molecule has 2 aromatic carbocycles.